The van der Waals surface area contributed by atoms with Gasteiger partial charge in [0.15, 0.2) is 5.69 Å². The molecule has 0 spiro atoms. The van der Waals surface area contributed by atoms with Gasteiger partial charge in [-0.2, -0.15) is 5.10 Å². The molecule has 1 aliphatic rings. The van der Waals surface area contributed by atoms with Gasteiger partial charge in [-0.25, -0.2) is 23.3 Å². The number of oxazole rings is 1. The number of aryl methyl sites for hydroxylation is 1. The zero-order valence-electron chi connectivity index (χ0n) is 17.3. The van der Waals surface area contributed by atoms with E-state index >= 15 is 0 Å². The van der Waals surface area contributed by atoms with Crippen LogP contribution in [0.15, 0.2) is 35.0 Å². The molecule has 0 aliphatic carbocycles. The van der Waals surface area contributed by atoms with E-state index in [1.165, 1.54) is 18.2 Å². The van der Waals surface area contributed by atoms with Crippen LogP contribution < -0.4 is 0 Å². The summed E-state index contributed by atoms with van der Waals surface area (Å²) in [6.45, 7) is 3.47. The first-order valence-corrected chi connectivity index (χ1v) is 10.1. The Bertz CT molecular complexity index is 1310. The molecule has 0 bridgehead atoms. The van der Waals surface area contributed by atoms with Gasteiger partial charge in [-0.1, -0.05) is 6.07 Å². The van der Waals surface area contributed by atoms with Crippen molar-refractivity contribution < 1.29 is 23.1 Å². The molecule has 1 amide bonds. The zero-order valence-corrected chi connectivity index (χ0v) is 17.3. The second-order valence-electron chi connectivity index (χ2n) is 7.73. The summed E-state index contributed by atoms with van der Waals surface area (Å²) in [5, 5.41) is 14.4. The number of aliphatic hydroxyl groups excluding tert-OH is 1. The SMILES string of the molecule is Cc1cccc2cc(C3c4nc[nH]c4CCN3C(=O)c3oc([C@H](C)O)nc3C(F)F)nn12. The lowest BCUT2D eigenvalue weighted by molar-refractivity contribution is 0.0631. The number of fused-ring (bicyclic) bond motifs is 2. The molecule has 0 fully saturated rings. The minimum absolute atomic E-state index is 0.235. The number of aliphatic hydroxyl groups is 1. The fourth-order valence-corrected chi connectivity index (χ4v) is 4.06. The van der Waals surface area contributed by atoms with Crippen LogP contribution in [0.2, 0.25) is 0 Å². The summed E-state index contributed by atoms with van der Waals surface area (Å²) in [4.78, 5) is 26.0. The summed E-state index contributed by atoms with van der Waals surface area (Å²) in [7, 11) is 0. The van der Waals surface area contributed by atoms with Crippen LogP contribution in [-0.2, 0) is 6.42 Å². The predicted molar refractivity (Wildman–Crippen MR) is 107 cm³/mol. The van der Waals surface area contributed by atoms with E-state index in [0.717, 1.165) is 16.9 Å². The van der Waals surface area contributed by atoms with Crippen molar-refractivity contribution in [3.8, 4) is 0 Å². The largest absolute Gasteiger partial charge is 0.432 e. The van der Waals surface area contributed by atoms with Crippen LogP contribution in [0.25, 0.3) is 5.52 Å². The number of nitrogens with zero attached hydrogens (tertiary/aromatic N) is 5. The molecule has 0 aromatic carbocycles. The molecule has 9 nitrogen and oxygen atoms in total. The molecule has 166 valence electrons. The number of aromatic nitrogens is 5. The molecule has 0 saturated carbocycles. The van der Waals surface area contributed by atoms with Gasteiger partial charge in [-0.15, -0.1) is 0 Å². The van der Waals surface area contributed by atoms with Gasteiger partial charge in [0.05, 0.1) is 23.2 Å². The highest BCUT2D eigenvalue weighted by atomic mass is 19.3. The fourth-order valence-electron chi connectivity index (χ4n) is 4.06. The van der Waals surface area contributed by atoms with Gasteiger partial charge in [0.2, 0.25) is 11.7 Å². The molecule has 11 heteroatoms. The molecule has 32 heavy (non-hydrogen) atoms. The van der Waals surface area contributed by atoms with Crippen LogP contribution >= 0.6 is 0 Å². The number of imidazole rings is 1. The summed E-state index contributed by atoms with van der Waals surface area (Å²) in [5.41, 5.74) is 2.95. The van der Waals surface area contributed by atoms with Crippen molar-refractivity contribution >= 4 is 11.4 Å². The first-order chi connectivity index (χ1) is 15.3. The maximum Gasteiger partial charge on any atom is 0.292 e. The molecule has 5 rings (SSSR count). The molecule has 2 atom stereocenters. The summed E-state index contributed by atoms with van der Waals surface area (Å²) >= 11 is 0. The van der Waals surface area contributed by atoms with Crippen LogP contribution in [0.1, 0.15) is 70.4 Å². The molecule has 4 aromatic heterocycles. The maximum absolute atomic E-state index is 13.6. The summed E-state index contributed by atoms with van der Waals surface area (Å²) in [6.07, 6.45) is -2.26. The Hall–Kier alpha value is -3.60. The van der Waals surface area contributed by atoms with Crippen LogP contribution in [0, 0.1) is 6.92 Å². The number of carbonyl (C=O) groups excluding carboxylic acids is 1. The van der Waals surface area contributed by atoms with E-state index in [4.69, 9.17) is 4.42 Å². The topological polar surface area (TPSA) is 113 Å². The predicted octanol–water partition coefficient (Wildman–Crippen LogP) is 3.13. The van der Waals surface area contributed by atoms with Crippen molar-refractivity contribution in [1.82, 2.24) is 29.5 Å². The third-order valence-corrected chi connectivity index (χ3v) is 5.59. The monoisotopic (exact) mass is 442 g/mol. The quantitative estimate of drug-likeness (QED) is 0.502. The number of H-pyrrole nitrogens is 1. The number of carbonyl (C=O) groups is 1. The maximum atomic E-state index is 13.6. The van der Waals surface area contributed by atoms with E-state index in [9.17, 15) is 18.7 Å². The minimum Gasteiger partial charge on any atom is -0.432 e. The number of hydrogen-bond acceptors (Lipinski definition) is 6. The number of pyridine rings is 1. The lowest BCUT2D eigenvalue weighted by Gasteiger charge is -2.33. The van der Waals surface area contributed by atoms with Gasteiger partial charge < -0.3 is 19.4 Å². The number of aromatic amines is 1. The lowest BCUT2D eigenvalue weighted by atomic mass is 9.99. The summed E-state index contributed by atoms with van der Waals surface area (Å²) < 4.78 is 34.3. The Morgan fingerprint density at radius 3 is 2.91 bits per heavy atom. The van der Waals surface area contributed by atoms with Gasteiger partial charge in [-0.05, 0) is 32.0 Å². The van der Waals surface area contributed by atoms with Gasteiger partial charge in [-0.3, -0.25) is 4.79 Å². The number of alkyl halides is 2. The lowest BCUT2D eigenvalue weighted by Crippen LogP contribution is -2.41. The average Bonchev–Trinajstić information content (AvgIpc) is 3.49. The number of halogens is 2. The summed E-state index contributed by atoms with van der Waals surface area (Å²) in [6, 6.07) is 6.85. The Balaban J connectivity index is 1.63. The smallest absolute Gasteiger partial charge is 0.292 e. The fraction of sp³-hybridized carbons (Fsp3) is 0.333. The number of nitrogens with one attached hydrogen (secondary N) is 1. The van der Waals surface area contributed by atoms with Crippen LogP contribution in [0.5, 0.6) is 0 Å². The van der Waals surface area contributed by atoms with E-state index in [0.29, 0.717) is 17.8 Å². The highest BCUT2D eigenvalue weighted by Crippen LogP contribution is 2.36. The Morgan fingerprint density at radius 2 is 2.19 bits per heavy atom. The van der Waals surface area contributed by atoms with E-state index in [2.05, 4.69) is 20.1 Å². The highest BCUT2D eigenvalue weighted by Gasteiger charge is 2.40. The molecule has 4 aromatic rings. The summed E-state index contributed by atoms with van der Waals surface area (Å²) in [5.74, 6) is -1.67. The minimum atomic E-state index is -3.03. The molecule has 0 saturated heterocycles. The Labute approximate surface area is 180 Å². The van der Waals surface area contributed by atoms with E-state index in [1.54, 1.807) is 4.52 Å². The van der Waals surface area contributed by atoms with Crippen LogP contribution in [0.4, 0.5) is 8.78 Å². The van der Waals surface area contributed by atoms with Gasteiger partial charge in [0.1, 0.15) is 12.1 Å². The normalized spacial score (nSPS) is 17.2. The third-order valence-electron chi connectivity index (χ3n) is 5.59. The number of rotatable bonds is 4. The Morgan fingerprint density at radius 1 is 1.38 bits per heavy atom. The number of amides is 1. The second-order valence-corrected chi connectivity index (χ2v) is 7.73. The molecule has 2 N–H and O–H groups in total. The molecular formula is C21H20F2N6O3. The Kier molecular flexibility index (Phi) is 4.77. The standard InChI is InChI=1S/C21H20F2N6O3/c1-10-4-3-5-12-8-14(27-29(10)12)17-15-13(24-9-25-15)6-7-28(17)21(31)18-16(19(22)23)26-20(32-18)11(2)30/h3-5,8-9,11,17,19,30H,6-7H2,1-2H3,(H,24,25)/t11-,17?/m0/s1. The molecule has 1 aliphatic heterocycles. The van der Waals surface area contributed by atoms with E-state index in [1.807, 2.05) is 31.2 Å². The first kappa shape index (κ1) is 20.3. The second kappa shape index (κ2) is 7.52. The van der Waals surface area contributed by atoms with Crippen molar-refractivity contribution in [3.63, 3.8) is 0 Å². The molecule has 5 heterocycles. The first-order valence-electron chi connectivity index (χ1n) is 10.1. The van der Waals surface area contributed by atoms with Crippen molar-refractivity contribution in [2.45, 2.75) is 38.8 Å². The van der Waals surface area contributed by atoms with Crippen molar-refractivity contribution in [2.75, 3.05) is 6.54 Å². The highest BCUT2D eigenvalue weighted by molar-refractivity contribution is 5.93. The molecule has 1 unspecified atom stereocenters. The van der Waals surface area contributed by atoms with E-state index in [-0.39, 0.29) is 12.4 Å². The average molecular weight is 442 g/mol. The third kappa shape index (κ3) is 3.16. The van der Waals surface area contributed by atoms with Crippen LogP contribution in [-0.4, -0.2) is 47.0 Å². The zero-order chi connectivity index (χ0) is 22.6. The van der Waals surface area contributed by atoms with Crippen molar-refractivity contribution in [3.05, 3.63) is 70.7 Å². The van der Waals surface area contributed by atoms with Crippen molar-refractivity contribution in [1.29, 1.82) is 0 Å². The number of hydrogen-bond donors (Lipinski definition) is 2. The van der Waals surface area contributed by atoms with Crippen LogP contribution in [0.3, 0.4) is 0 Å². The molecule has 0 radical (unpaired) electrons. The van der Waals surface area contributed by atoms with Gasteiger partial charge >= 0.3 is 0 Å². The molecular weight excluding hydrogens is 422 g/mol. The van der Waals surface area contributed by atoms with E-state index < -0.39 is 35.9 Å². The van der Waals surface area contributed by atoms with Crippen molar-refractivity contribution in [2.24, 2.45) is 0 Å². The van der Waals surface area contributed by atoms with Gasteiger partial charge in [0.25, 0.3) is 12.3 Å². The van der Waals surface area contributed by atoms with Gasteiger partial charge in [0, 0.05) is 24.4 Å².